The van der Waals surface area contributed by atoms with Crippen molar-refractivity contribution in [3.8, 4) is 5.69 Å². The molecule has 5 rings (SSSR count). The van der Waals surface area contributed by atoms with Crippen LogP contribution in [0.4, 0.5) is 4.39 Å². The molecular weight excluding hydrogens is 491 g/mol. The van der Waals surface area contributed by atoms with Gasteiger partial charge in [0.25, 0.3) is 0 Å². The van der Waals surface area contributed by atoms with Gasteiger partial charge in [0.15, 0.2) is 14.1 Å². The number of Topliss-reactive ketones (excluding diaryl/α,β-unsaturated/α-hetero) is 1. The molecule has 0 bridgehead atoms. The third-order valence-electron chi connectivity index (χ3n) is 9.19. The molecule has 0 spiro atoms. The Kier molecular flexibility index (Phi) is 6.85. The van der Waals surface area contributed by atoms with Crippen LogP contribution in [0.5, 0.6) is 0 Å². The van der Waals surface area contributed by atoms with Crippen LogP contribution in [0.25, 0.3) is 11.8 Å². The van der Waals surface area contributed by atoms with Crippen molar-refractivity contribution >= 4 is 20.2 Å². The number of nitrogens with zero attached hydrogens (tertiary/aromatic N) is 2. The SMILES string of the molecule is CC(C)(C)[Si](C)(C)O[C@@H](Cc1ccccc1)[C@H]1CCC(=O)C2=Cc3c(cnn3-c3ccc(F)cc3)C[C@@]21C. The number of halogens is 1. The first-order chi connectivity index (χ1) is 17.9. The van der Waals surface area contributed by atoms with Crippen LogP contribution >= 0.6 is 0 Å². The number of hydrogen-bond acceptors (Lipinski definition) is 3. The lowest BCUT2D eigenvalue weighted by Crippen LogP contribution is -2.52. The van der Waals surface area contributed by atoms with E-state index in [4.69, 9.17) is 4.43 Å². The van der Waals surface area contributed by atoms with Gasteiger partial charge in [-0.25, -0.2) is 9.07 Å². The molecule has 0 radical (unpaired) electrons. The summed E-state index contributed by atoms with van der Waals surface area (Å²) in [5.41, 5.74) is 4.62. The summed E-state index contributed by atoms with van der Waals surface area (Å²) in [6.07, 6.45) is 6.88. The quantitative estimate of drug-likeness (QED) is 0.309. The average Bonchev–Trinajstić information content (AvgIpc) is 3.25. The lowest BCUT2D eigenvalue weighted by atomic mass is 9.57. The largest absolute Gasteiger partial charge is 0.413 e. The molecule has 0 amide bonds. The smallest absolute Gasteiger partial charge is 0.192 e. The van der Waals surface area contributed by atoms with E-state index in [0.717, 1.165) is 41.8 Å². The molecule has 4 nitrogen and oxygen atoms in total. The molecule has 0 N–H and O–H groups in total. The van der Waals surface area contributed by atoms with Crippen molar-refractivity contribution in [2.45, 2.75) is 77.6 Å². The summed E-state index contributed by atoms with van der Waals surface area (Å²) in [6, 6.07) is 16.9. The molecular formula is C32H39FN2O2Si. The topological polar surface area (TPSA) is 44.1 Å². The van der Waals surface area contributed by atoms with Crippen LogP contribution in [0.15, 0.2) is 66.4 Å². The van der Waals surface area contributed by atoms with Gasteiger partial charge in [0.2, 0.25) is 0 Å². The zero-order valence-electron chi connectivity index (χ0n) is 23.4. The number of carbonyl (C=O) groups excluding carboxylic acids is 1. The normalized spacial score (nSPS) is 22.4. The Morgan fingerprint density at radius 2 is 1.82 bits per heavy atom. The maximum Gasteiger partial charge on any atom is 0.192 e. The molecule has 2 aliphatic carbocycles. The van der Waals surface area contributed by atoms with Gasteiger partial charge >= 0.3 is 0 Å². The molecule has 0 aliphatic heterocycles. The standard InChI is InChI=1S/C32H39FN2O2Si/c1-31(2,3)38(5,6)37-30(18-22-10-8-7-9-11-22)26-16-17-29(36)27-19-28-23(20-32(26,27)4)21-34-35(28)25-14-12-24(33)13-15-25/h7-15,19,21,26,30H,16-18,20H2,1-6H3/t26-,30+,32-/m1/s1. The highest BCUT2D eigenvalue weighted by atomic mass is 28.4. The molecule has 3 atom stereocenters. The third kappa shape index (κ3) is 4.84. The van der Waals surface area contributed by atoms with E-state index in [1.54, 1.807) is 12.1 Å². The maximum absolute atomic E-state index is 13.6. The third-order valence-corrected chi connectivity index (χ3v) is 13.7. The van der Waals surface area contributed by atoms with E-state index in [1.165, 1.54) is 17.7 Å². The zero-order chi connectivity index (χ0) is 27.3. The van der Waals surface area contributed by atoms with Crippen LogP contribution in [0, 0.1) is 17.2 Å². The summed E-state index contributed by atoms with van der Waals surface area (Å²) in [7, 11) is -2.08. The van der Waals surface area contributed by atoms with Gasteiger partial charge in [-0.3, -0.25) is 4.79 Å². The van der Waals surface area contributed by atoms with E-state index in [2.05, 4.69) is 82.3 Å². The lowest BCUT2D eigenvalue weighted by Gasteiger charge is -2.50. The van der Waals surface area contributed by atoms with Crippen molar-refractivity contribution in [3.63, 3.8) is 0 Å². The Bertz CT molecular complexity index is 1350. The van der Waals surface area contributed by atoms with Crippen LogP contribution in [-0.4, -0.2) is 30.0 Å². The van der Waals surface area contributed by atoms with Crippen molar-refractivity contribution in [1.82, 2.24) is 9.78 Å². The minimum absolute atomic E-state index is 0.00786. The first kappa shape index (κ1) is 26.8. The molecule has 0 saturated heterocycles. The van der Waals surface area contributed by atoms with Crippen molar-refractivity contribution in [3.05, 3.63) is 89.0 Å². The number of aromatic nitrogens is 2. The molecule has 1 fully saturated rings. The average molecular weight is 531 g/mol. The molecule has 3 aromatic rings. The van der Waals surface area contributed by atoms with Gasteiger partial charge in [0.05, 0.1) is 23.7 Å². The molecule has 2 aliphatic rings. The van der Waals surface area contributed by atoms with E-state index < -0.39 is 8.32 Å². The van der Waals surface area contributed by atoms with E-state index in [9.17, 15) is 9.18 Å². The van der Waals surface area contributed by atoms with Gasteiger partial charge in [0, 0.05) is 17.4 Å². The number of allylic oxidation sites excluding steroid dienone is 1. The Hall–Kier alpha value is -2.83. The molecule has 6 heteroatoms. The van der Waals surface area contributed by atoms with Crippen molar-refractivity contribution in [2.75, 3.05) is 0 Å². The summed E-state index contributed by atoms with van der Waals surface area (Å²) in [4.78, 5) is 13.4. The molecule has 38 heavy (non-hydrogen) atoms. The Balaban J connectivity index is 1.55. The summed E-state index contributed by atoms with van der Waals surface area (Å²) >= 11 is 0. The second-order valence-corrected chi connectivity index (χ2v) is 17.5. The lowest BCUT2D eigenvalue weighted by molar-refractivity contribution is -0.120. The Morgan fingerprint density at radius 3 is 2.47 bits per heavy atom. The van der Waals surface area contributed by atoms with Crippen molar-refractivity contribution in [2.24, 2.45) is 11.3 Å². The minimum atomic E-state index is -2.08. The van der Waals surface area contributed by atoms with E-state index in [0.29, 0.717) is 6.42 Å². The Labute approximate surface area is 227 Å². The highest BCUT2D eigenvalue weighted by Crippen LogP contribution is 2.53. The number of carbonyl (C=O) groups is 1. The predicted molar refractivity (Wildman–Crippen MR) is 153 cm³/mol. The van der Waals surface area contributed by atoms with Crippen LogP contribution in [0.3, 0.4) is 0 Å². The number of benzene rings is 2. The second kappa shape index (κ2) is 9.73. The summed E-state index contributed by atoms with van der Waals surface area (Å²) in [5, 5.41) is 4.74. The predicted octanol–water partition coefficient (Wildman–Crippen LogP) is 7.57. The first-order valence-corrected chi connectivity index (χ1v) is 16.6. The minimum Gasteiger partial charge on any atom is -0.413 e. The van der Waals surface area contributed by atoms with Gasteiger partial charge in [-0.1, -0.05) is 58.0 Å². The van der Waals surface area contributed by atoms with E-state index in [1.807, 2.05) is 10.9 Å². The molecule has 1 saturated carbocycles. The number of rotatable bonds is 6. The van der Waals surface area contributed by atoms with E-state index >= 15 is 0 Å². The number of ketones is 1. The highest BCUT2D eigenvalue weighted by Gasteiger charge is 2.51. The monoisotopic (exact) mass is 530 g/mol. The van der Waals surface area contributed by atoms with Crippen LogP contribution in [-0.2, 0) is 22.1 Å². The second-order valence-electron chi connectivity index (χ2n) is 12.8. The van der Waals surface area contributed by atoms with Crippen LogP contribution < -0.4 is 0 Å². The summed E-state index contributed by atoms with van der Waals surface area (Å²) in [6.45, 7) is 13.8. The van der Waals surface area contributed by atoms with Gasteiger partial charge < -0.3 is 4.43 Å². The molecule has 1 heterocycles. The number of fused-ring (bicyclic) bond motifs is 2. The molecule has 2 aromatic carbocycles. The zero-order valence-corrected chi connectivity index (χ0v) is 24.4. The highest BCUT2D eigenvalue weighted by molar-refractivity contribution is 6.74. The van der Waals surface area contributed by atoms with Gasteiger partial charge in [-0.2, -0.15) is 5.10 Å². The number of hydrogen-bond donors (Lipinski definition) is 0. The summed E-state index contributed by atoms with van der Waals surface area (Å²) < 4.78 is 22.6. The molecule has 0 unspecified atom stereocenters. The van der Waals surface area contributed by atoms with Gasteiger partial charge in [-0.05, 0) is 84.8 Å². The maximum atomic E-state index is 13.6. The van der Waals surface area contributed by atoms with Crippen LogP contribution in [0.2, 0.25) is 18.1 Å². The van der Waals surface area contributed by atoms with Gasteiger partial charge in [-0.15, -0.1) is 0 Å². The van der Waals surface area contributed by atoms with Crippen molar-refractivity contribution in [1.29, 1.82) is 0 Å². The molecule has 1 aromatic heterocycles. The Morgan fingerprint density at radius 1 is 1.13 bits per heavy atom. The summed E-state index contributed by atoms with van der Waals surface area (Å²) in [5.74, 6) is 0.132. The fourth-order valence-corrected chi connectivity index (χ4v) is 7.35. The van der Waals surface area contributed by atoms with Crippen molar-refractivity contribution < 1.29 is 13.6 Å². The van der Waals surface area contributed by atoms with Gasteiger partial charge in [0.1, 0.15) is 5.82 Å². The van der Waals surface area contributed by atoms with E-state index in [-0.39, 0.29) is 34.1 Å². The molecule has 200 valence electrons. The van der Waals surface area contributed by atoms with Crippen LogP contribution in [0.1, 0.15) is 57.4 Å². The fraction of sp³-hybridized carbons (Fsp3) is 0.438. The first-order valence-electron chi connectivity index (χ1n) is 13.7. The fourth-order valence-electron chi connectivity index (χ4n) is 6.00.